The fraction of sp³-hybridized carbons (Fsp3) is 0. The summed E-state index contributed by atoms with van der Waals surface area (Å²) in [6.07, 6.45) is 0. The van der Waals surface area contributed by atoms with E-state index in [0.29, 0.717) is 47.7 Å². The molecule has 4 rings (SSSR count). The molecule has 1 aliphatic heterocycles. The summed E-state index contributed by atoms with van der Waals surface area (Å²) in [4.78, 5) is 24.3. The first-order valence-electron chi connectivity index (χ1n) is 7.96. The Morgan fingerprint density at radius 2 is 1.53 bits per heavy atom. The summed E-state index contributed by atoms with van der Waals surface area (Å²) < 4.78 is 7.79. The maximum atomic E-state index is 12.5. The van der Waals surface area contributed by atoms with Crippen LogP contribution in [0.2, 0.25) is 0 Å². The summed E-state index contributed by atoms with van der Waals surface area (Å²) in [6.45, 7) is 0. The summed E-state index contributed by atoms with van der Waals surface area (Å²) in [6, 6.07) is 9.90. The molecule has 0 saturated heterocycles. The van der Waals surface area contributed by atoms with Crippen LogP contribution in [0.1, 0.15) is 10.4 Å². The van der Waals surface area contributed by atoms with Gasteiger partial charge < -0.3 is 24.9 Å². The second-order valence-corrected chi connectivity index (χ2v) is 10.5. The van der Waals surface area contributed by atoms with E-state index >= 15 is 0 Å². The van der Waals surface area contributed by atoms with E-state index in [0.717, 1.165) is 0 Å². The van der Waals surface area contributed by atoms with Gasteiger partial charge in [-0.2, -0.15) is 0 Å². The molecule has 0 amide bonds. The zero-order chi connectivity index (χ0) is 21.0. The number of carbonyl (C=O) groups is 1. The molecule has 0 bridgehead atoms. The molecule has 6 nitrogen and oxygen atoms in total. The smallest absolute Gasteiger partial charge is 0.871 e. The van der Waals surface area contributed by atoms with Crippen LogP contribution in [0.15, 0.2) is 45.6 Å². The van der Waals surface area contributed by atoms with Gasteiger partial charge in [-0.3, -0.25) is 4.79 Å². The molecule has 1 aliphatic carbocycles. The minimum atomic E-state index is -1.31. The van der Waals surface area contributed by atoms with Crippen LogP contribution < -0.4 is 74.8 Å². The van der Waals surface area contributed by atoms with E-state index in [1.807, 2.05) is 90.4 Å². The number of hydrogen-bond acceptors (Lipinski definition) is 5. The van der Waals surface area contributed by atoms with Gasteiger partial charge >= 0.3 is 59.1 Å². The molecular weight excluding hydrogens is 890 g/mol. The van der Waals surface area contributed by atoms with Crippen molar-refractivity contribution in [3.8, 4) is 28.2 Å². The van der Waals surface area contributed by atoms with Crippen LogP contribution in [-0.4, -0.2) is 11.4 Å². The van der Waals surface area contributed by atoms with Gasteiger partial charge in [0, 0.05) is 29.2 Å². The van der Waals surface area contributed by atoms with Gasteiger partial charge in [0.1, 0.15) is 9.15 Å². The number of halogens is 4. The third-order valence-electron chi connectivity index (χ3n) is 4.42. The molecule has 32 heavy (non-hydrogen) atoms. The number of carbonyl (C=O) groups excluding carboxylic acids is 1. The molecule has 2 N–H and O–H groups in total. The number of hydrogen-bond donors (Lipinski definition) is 0. The fourth-order valence-electron chi connectivity index (χ4n) is 3.16. The predicted octanol–water partition coefficient (Wildman–Crippen LogP) is -2.40. The molecule has 2 aromatic carbocycles. The van der Waals surface area contributed by atoms with E-state index in [-0.39, 0.29) is 81.3 Å². The minimum Gasteiger partial charge on any atom is -0.871 e. The number of carboxylic acids is 1. The standard InChI is InChI=1S/C20H8I4O5.2Na.H2O/c21-11-5-9-13(7-3-1-2-4-8(7)20(27)28)10-6-12(22)17(26)15(24)19(10)29-18(9)14(23)16(11)25;;;/h1-6,25H,(H,27,28);;;1H2/q;2*+1;/p-2. The summed E-state index contributed by atoms with van der Waals surface area (Å²) in [5, 5.41) is 24.9. The number of carboxylic acid groups (broad SMARTS) is 1. The molecule has 0 unspecified atom stereocenters. The first kappa shape index (κ1) is 31.3. The zero-order valence-corrected chi connectivity index (χ0v) is 29.1. The van der Waals surface area contributed by atoms with Crippen LogP contribution in [0.4, 0.5) is 0 Å². The Kier molecular flexibility index (Phi) is 12.2. The number of aromatic carboxylic acids is 1. The third-order valence-corrected chi connectivity index (χ3v) is 7.98. The molecule has 0 aromatic heterocycles. The quantitative estimate of drug-likeness (QED) is 0.126. The van der Waals surface area contributed by atoms with Crippen molar-refractivity contribution >= 4 is 107 Å². The van der Waals surface area contributed by atoms with Crippen molar-refractivity contribution in [1.29, 1.82) is 0 Å². The number of benzene rings is 3. The molecule has 1 heterocycles. The Hall–Kier alpha value is 1.28. The van der Waals surface area contributed by atoms with Crippen LogP contribution in [-0.2, 0) is 0 Å². The van der Waals surface area contributed by atoms with Gasteiger partial charge in [0.25, 0.3) is 0 Å². The molecule has 0 fully saturated rings. The van der Waals surface area contributed by atoms with Crippen LogP contribution in [0, 0.1) is 14.3 Å². The monoisotopic (exact) mass is 898 g/mol. The molecular formula is C20H8I4Na2O6. The number of rotatable bonds is 2. The van der Waals surface area contributed by atoms with E-state index in [1.165, 1.54) is 6.07 Å². The summed E-state index contributed by atoms with van der Waals surface area (Å²) in [5.41, 5.74) is 1.80. The molecule has 154 valence electrons. The maximum absolute atomic E-state index is 12.5. The Balaban J connectivity index is 0.00000171. The molecule has 0 radical (unpaired) electrons. The molecule has 0 spiro atoms. The van der Waals surface area contributed by atoms with E-state index in [2.05, 4.69) is 0 Å². The normalized spacial score (nSPS) is 10.2. The Bertz CT molecular complexity index is 1370. The first-order valence-corrected chi connectivity index (χ1v) is 12.3. The van der Waals surface area contributed by atoms with E-state index in [4.69, 9.17) is 4.42 Å². The van der Waals surface area contributed by atoms with Crippen molar-refractivity contribution in [2.75, 3.05) is 0 Å². The number of fused-ring (bicyclic) bond motifs is 2. The zero-order valence-electron chi connectivity index (χ0n) is 16.5. The largest absolute Gasteiger partial charge is 1.00 e. The van der Waals surface area contributed by atoms with Gasteiger partial charge in [-0.15, -0.1) is 0 Å². The Morgan fingerprint density at radius 1 is 0.906 bits per heavy atom. The van der Waals surface area contributed by atoms with Crippen molar-refractivity contribution in [3.63, 3.8) is 0 Å². The second-order valence-electron chi connectivity index (χ2n) is 6.07. The SMILES string of the molecule is O.O=C([O-])c1ccccc1-c1c2cc(I)c(=O)c(I)c-2oc2c(I)c([O-])c(I)cc12.[Na+].[Na+]. The maximum Gasteiger partial charge on any atom is 1.00 e. The van der Waals surface area contributed by atoms with Crippen LogP contribution in [0.5, 0.6) is 5.75 Å². The summed E-state index contributed by atoms with van der Waals surface area (Å²) >= 11 is 7.76. The van der Waals surface area contributed by atoms with Gasteiger partial charge in [-0.1, -0.05) is 30.0 Å². The van der Waals surface area contributed by atoms with Crippen LogP contribution in [0.25, 0.3) is 33.4 Å². The first-order chi connectivity index (χ1) is 13.7. The fourth-order valence-corrected chi connectivity index (χ4v) is 6.73. The van der Waals surface area contributed by atoms with Gasteiger partial charge in [-0.05, 0) is 108 Å². The molecule has 2 aliphatic rings. The van der Waals surface area contributed by atoms with Crippen molar-refractivity contribution in [2.45, 2.75) is 0 Å². The Labute approximate surface area is 281 Å². The minimum absolute atomic E-state index is 0. The third kappa shape index (κ3) is 5.49. The predicted molar refractivity (Wildman–Crippen MR) is 143 cm³/mol. The van der Waals surface area contributed by atoms with Gasteiger partial charge in [-0.25, -0.2) is 0 Å². The van der Waals surface area contributed by atoms with Gasteiger partial charge in [0.05, 0.1) is 9.54 Å². The topological polar surface area (TPSA) is 125 Å². The van der Waals surface area contributed by atoms with E-state index in [1.54, 1.807) is 30.3 Å². The summed E-state index contributed by atoms with van der Waals surface area (Å²) in [7, 11) is 0. The van der Waals surface area contributed by atoms with E-state index in [9.17, 15) is 19.8 Å². The average Bonchev–Trinajstić information content (AvgIpc) is 2.69. The van der Waals surface area contributed by atoms with Crippen LogP contribution in [0.3, 0.4) is 0 Å². The molecule has 2 aromatic rings. The van der Waals surface area contributed by atoms with Gasteiger partial charge in [0.15, 0.2) is 5.76 Å². The van der Waals surface area contributed by atoms with Crippen molar-refractivity contribution in [3.05, 3.63) is 66.5 Å². The van der Waals surface area contributed by atoms with Crippen LogP contribution >= 0.6 is 90.4 Å². The van der Waals surface area contributed by atoms with Crippen molar-refractivity contribution < 1.29 is 84.0 Å². The van der Waals surface area contributed by atoms with Crippen molar-refractivity contribution in [1.82, 2.24) is 0 Å². The molecule has 0 saturated carbocycles. The molecule has 12 heteroatoms. The second kappa shape index (κ2) is 12.5. The molecule has 0 atom stereocenters. The Morgan fingerprint density at radius 3 is 2.16 bits per heavy atom. The van der Waals surface area contributed by atoms with E-state index < -0.39 is 5.97 Å². The van der Waals surface area contributed by atoms with Crippen molar-refractivity contribution in [2.24, 2.45) is 0 Å². The van der Waals surface area contributed by atoms with Gasteiger partial charge in [0.2, 0.25) is 5.43 Å². The average molecular weight is 898 g/mol. The summed E-state index contributed by atoms with van der Waals surface area (Å²) in [5.74, 6) is -1.16.